The summed E-state index contributed by atoms with van der Waals surface area (Å²) in [5, 5.41) is 3.12. The van der Waals surface area contributed by atoms with Crippen molar-refractivity contribution in [1.82, 2.24) is 0 Å². The Hall–Kier alpha value is -3.18. The normalized spacial score (nSPS) is 11.0. The maximum absolute atomic E-state index is 13.4. The van der Waals surface area contributed by atoms with Crippen LogP contribution in [-0.2, 0) is 4.79 Å². The zero-order valence-corrected chi connectivity index (χ0v) is 17.6. The fourth-order valence-corrected chi connectivity index (χ4v) is 3.24. The molecule has 0 radical (unpaired) electrons. The van der Waals surface area contributed by atoms with Crippen LogP contribution in [0, 0.1) is 6.92 Å². The molecule has 0 unspecified atom stereocenters. The number of nitrogens with zero attached hydrogens (tertiary/aromatic N) is 1. The molecule has 0 atom stereocenters. The third kappa shape index (κ3) is 5.21. The summed E-state index contributed by atoms with van der Waals surface area (Å²) in [5.74, 6) is -0.384. The molecule has 0 heterocycles. The minimum atomic E-state index is -0.510. The van der Waals surface area contributed by atoms with Gasteiger partial charge in [0.25, 0.3) is 5.91 Å². The molecule has 3 amide bonds. The van der Waals surface area contributed by atoms with Crippen molar-refractivity contribution in [3.8, 4) is 0 Å². The van der Waals surface area contributed by atoms with Gasteiger partial charge < -0.3 is 5.32 Å². The first-order chi connectivity index (χ1) is 14.1. The first kappa shape index (κ1) is 20.6. The number of hydrogen-bond donors (Lipinski definition) is 1. The summed E-state index contributed by atoms with van der Waals surface area (Å²) < 4.78 is 0. The number of rotatable bonds is 5. The standard InChI is InChI=1S/C24H21BrN2O2/c1-18-10-8-9-11-19(18)16-20(17-25)23(28)27(22-14-6-3-7-15-22)24(29)26-21-12-4-2-5-13-21/h2-16H,17H2,1H3,(H,26,29)/b20-16+. The Morgan fingerprint density at radius 1 is 0.897 bits per heavy atom. The summed E-state index contributed by atoms with van der Waals surface area (Å²) in [6.07, 6.45) is 1.82. The predicted octanol–water partition coefficient (Wildman–Crippen LogP) is 6.04. The number of hydrogen-bond acceptors (Lipinski definition) is 2. The number of halogens is 1. The number of imide groups is 1. The van der Waals surface area contributed by atoms with E-state index in [4.69, 9.17) is 0 Å². The van der Waals surface area contributed by atoms with E-state index in [2.05, 4.69) is 21.2 Å². The fraction of sp³-hybridized carbons (Fsp3) is 0.0833. The molecule has 3 rings (SSSR count). The molecule has 0 bridgehead atoms. The van der Waals surface area contributed by atoms with Gasteiger partial charge in [-0.2, -0.15) is 0 Å². The highest BCUT2D eigenvalue weighted by Gasteiger charge is 2.26. The Morgan fingerprint density at radius 2 is 1.48 bits per heavy atom. The second-order valence-corrected chi connectivity index (χ2v) is 6.99. The monoisotopic (exact) mass is 448 g/mol. The minimum absolute atomic E-state index is 0.322. The van der Waals surface area contributed by atoms with Gasteiger partial charge in [-0.15, -0.1) is 0 Å². The van der Waals surface area contributed by atoms with E-state index in [1.807, 2.05) is 61.5 Å². The Bertz CT molecular complexity index is 1020. The van der Waals surface area contributed by atoms with Crippen molar-refractivity contribution < 1.29 is 9.59 Å². The zero-order valence-electron chi connectivity index (χ0n) is 16.0. The van der Waals surface area contributed by atoms with Crippen LogP contribution in [0.25, 0.3) is 6.08 Å². The molecule has 0 spiro atoms. The van der Waals surface area contributed by atoms with Crippen LogP contribution >= 0.6 is 15.9 Å². The lowest BCUT2D eigenvalue weighted by Gasteiger charge is -2.22. The SMILES string of the molecule is Cc1ccccc1/C=C(\CBr)C(=O)N(C(=O)Nc1ccccc1)c1ccccc1. The lowest BCUT2D eigenvalue weighted by Crippen LogP contribution is -2.41. The van der Waals surface area contributed by atoms with E-state index in [0.717, 1.165) is 11.1 Å². The number of nitrogens with one attached hydrogen (secondary N) is 1. The van der Waals surface area contributed by atoms with E-state index in [9.17, 15) is 9.59 Å². The predicted molar refractivity (Wildman–Crippen MR) is 122 cm³/mol. The van der Waals surface area contributed by atoms with Crippen LogP contribution in [0.3, 0.4) is 0 Å². The lowest BCUT2D eigenvalue weighted by atomic mass is 10.1. The molecule has 4 nitrogen and oxygen atoms in total. The molecule has 3 aromatic rings. The van der Waals surface area contributed by atoms with E-state index in [0.29, 0.717) is 22.3 Å². The van der Waals surface area contributed by atoms with E-state index < -0.39 is 6.03 Å². The number of urea groups is 1. The molecule has 0 saturated heterocycles. The zero-order chi connectivity index (χ0) is 20.6. The first-order valence-electron chi connectivity index (χ1n) is 9.18. The van der Waals surface area contributed by atoms with Crippen molar-refractivity contribution in [2.45, 2.75) is 6.92 Å². The van der Waals surface area contributed by atoms with Gasteiger partial charge in [-0.25, -0.2) is 9.69 Å². The summed E-state index contributed by atoms with van der Waals surface area (Å²) in [4.78, 5) is 27.6. The highest BCUT2D eigenvalue weighted by Crippen LogP contribution is 2.21. The number of amides is 3. The van der Waals surface area contributed by atoms with E-state index in [1.165, 1.54) is 4.90 Å². The summed E-state index contributed by atoms with van der Waals surface area (Å²) in [6, 6.07) is 25.3. The Morgan fingerprint density at radius 3 is 2.10 bits per heavy atom. The molecule has 0 aliphatic heterocycles. The van der Waals surface area contributed by atoms with E-state index in [1.54, 1.807) is 36.4 Å². The highest BCUT2D eigenvalue weighted by atomic mass is 79.9. The number of carbonyl (C=O) groups is 2. The van der Waals surface area contributed by atoms with Gasteiger partial charge in [-0.1, -0.05) is 76.6 Å². The topological polar surface area (TPSA) is 49.4 Å². The van der Waals surface area contributed by atoms with Gasteiger partial charge in [0, 0.05) is 16.6 Å². The highest BCUT2D eigenvalue weighted by molar-refractivity contribution is 9.09. The van der Waals surface area contributed by atoms with Crippen LogP contribution in [0.4, 0.5) is 16.2 Å². The molecule has 3 aromatic carbocycles. The van der Waals surface area contributed by atoms with Crippen molar-refractivity contribution in [3.05, 3.63) is 102 Å². The van der Waals surface area contributed by atoms with Gasteiger partial charge in [0.1, 0.15) is 0 Å². The molecule has 0 aliphatic carbocycles. The maximum Gasteiger partial charge on any atom is 0.333 e. The Kier molecular flexibility index (Phi) is 6.98. The van der Waals surface area contributed by atoms with Crippen molar-refractivity contribution >= 4 is 45.3 Å². The van der Waals surface area contributed by atoms with Gasteiger partial charge in [0.15, 0.2) is 0 Å². The average molecular weight is 449 g/mol. The van der Waals surface area contributed by atoms with Crippen LogP contribution < -0.4 is 10.2 Å². The molecule has 0 saturated carbocycles. The van der Waals surface area contributed by atoms with Crippen LogP contribution in [0.15, 0.2) is 90.5 Å². The van der Waals surface area contributed by atoms with E-state index >= 15 is 0 Å². The molecule has 5 heteroatoms. The van der Waals surface area contributed by atoms with E-state index in [-0.39, 0.29) is 5.91 Å². The summed E-state index contributed by atoms with van der Waals surface area (Å²) in [6.45, 7) is 1.99. The summed E-state index contributed by atoms with van der Waals surface area (Å²) in [7, 11) is 0. The molecule has 0 fully saturated rings. The van der Waals surface area contributed by atoms with Gasteiger partial charge in [-0.05, 0) is 48.4 Å². The van der Waals surface area contributed by atoms with Gasteiger partial charge >= 0.3 is 6.03 Å². The molecule has 0 aromatic heterocycles. The molecule has 29 heavy (non-hydrogen) atoms. The first-order valence-corrected chi connectivity index (χ1v) is 10.3. The summed E-state index contributed by atoms with van der Waals surface area (Å²) >= 11 is 3.41. The molecular weight excluding hydrogens is 428 g/mol. The number of aryl methyl sites for hydroxylation is 1. The largest absolute Gasteiger partial charge is 0.333 e. The third-order valence-electron chi connectivity index (χ3n) is 4.38. The Labute approximate surface area is 179 Å². The Balaban J connectivity index is 1.97. The number of para-hydroxylation sites is 2. The van der Waals surface area contributed by atoms with Crippen LogP contribution in [0.1, 0.15) is 11.1 Å². The van der Waals surface area contributed by atoms with Crippen LogP contribution in [0.2, 0.25) is 0 Å². The van der Waals surface area contributed by atoms with Crippen molar-refractivity contribution in [2.24, 2.45) is 0 Å². The second kappa shape index (κ2) is 9.85. The van der Waals surface area contributed by atoms with Crippen molar-refractivity contribution in [3.63, 3.8) is 0 Å². The molecule has 1 N–H and O–H groups in total. The maximum atomic E-state index is 13.4. The number of benzene rings is 3. The lowest BCUT2D eigenvalue weighted by molar-refractivity contribution is -0.114. The summed E-state index contributed by atoms with van der Waals surface area (Å²) in [5.41, 5.74) is 3.59. The molecule has 0 aliphatic rings. The van der Waals surface area contributed by atoms with Gasteiger partial charge in [0.05, 0.1) is 5.69 Å². The average Bonchev–Trinajstić information content (AvgIpc) is 2.74. The smallest absolute Gasteiger partial charge is 0.307 e. The molecule has 146 valence electrons. The quantitative estimate of drug-likeness (QED) is 0.382. The van der Waals surface area contributed by atoms with Gasteiger partial charge in [0.2, 0.25) is 0 Å². The third-order valence-corrected chi connectivity index (χ3v) is 4.99. The van der Waals surface area contributed by atoms with Crippen molar-refractivity contribution in [2.75, 3.05) is 15.5 Å². The van der Waals surface area contributed by atoms with Crippen LogP contribution in [0.5, 0.6) is 0 Å². The van der Waals surface area contributed by atoms with Gasteiger partial charge in [-0.3, -0.25) is 4.79 Å². The second-order valence-electron chi connectivity index (χ2n) is 6.43. The minimum Gasteiger partial charge on any atom is -0.307 e. The number of alkyl halides is 1. The number of anilines is 2. The molecular formula is C24H21BrN2O2. The number of carbonyl (C=O) groups excluding carboxylic acids is 2. The van der Waals surface area contributed by atoms with Crippen molar-refractivity contribution in [1.29, 1.82) is 0 Å². The fourth-order valence-electron chi connectivity index (χ4n) is 2.84. The van der Waals surface area contributed by atoms with Crippen LogP contribution in [-0.4, -0.2) is 17.3 Å².